The number of aromatic nitrogens is 6. The van der Waals surface area contributed by atoms with E-state index in [1.165, 1.54) is 12.1 Å². The number of amides is 1. The van der Waals surface area contributed by atoms with E-state index in [-0.39, 0.29) is 12.3 Å². The van der Waals surface area contributed by atoms with Crippen molar-refractivity contribution < 1.29 is 13.9 Å². The van der Waals surface area contributed by atoms with E-state index >= 15 is 0 Å². The Hall–Kier alpha value is -5.94. The number of carbonyl (C=O) groups is 1. The van der Waals surface area contributed by atoms with Crippen LogP contribution in [-0.2, 0) is 11.2 Å². The second kappa shape index (κ2) is 12.8. The number of nitrogens with zero attached hydrogens (tertiary/aromatic N) is 5. The van der Waals surface area contributed by atoms with Crippen LogP contribution in [0.3, 0.4) is 0 Å². The Morgan fingerprint density at radius 3 is 2.66 bits per heavy atom. The maximum Gasteiger partial charge on any atom is 0.228 e. The van der Waals surface area contributed by atoms with Crippen molar-refractivity contribution in [2.24, 2.45) is 0 Å². The largest absolute Gasteiger partial charge is 0.492 e. The van der Waals surface area contributed by atoms with Crippen LogP contribution in [-0.4, -0.2) is 68.2 Å². The first kappa shape index (κ1) is 29.8. The summed E-state index contributed by atoms with van der Waals surface area (Å²) in [4.78, 5) is 32.0. The van der Waals surface area contributed by atoms with Crippen molar-refractivity contribution in [3.05, 3.63) is 109 Å². The van der Waals surface area contributed by atoms with Crippen LogP contribution in [0.2, 0.25) is 0 Å². The van der Waals surface area contributed by atoms with Gasteiger partial charge < -0.3 is 19.9 Å². The molecule has 0 saturated carbocycles. The molecular weight excluding hydrogens is 595 g/mol. The van der Waals surface area contributed by atoms with Gasteiger partial charge in [-0.2, -0.15) is 5.10 Å². The highest BCUT2D eigenvalue weighted by atomic mass is 19.1. The van der Waals surface area contributed by atoms with Crippen LogP contribution in [0.15, 0.2) is 97.5 Å². The number of aromatic amines is 2. The number of hydrogen-bond acceptors (Lipinski definition) is 7. The molecule has 0 bridgehead atoms. The number of pyridine rings is 3. The van der Waals surface area contributed by atoms with E-state index in [4.69, 9.17) is 9.72 Å². The first-order valence-corrected chi connectivity index (χ1v) is 15.1. The van der Waals surface area contributed by atoms with Crippen LogP contribution in [0.4, 0.5) is 10.1 Å². The Morgan fingerprint density at radius 1 is 0.936 bits per heavy atom. The lowest BCUT2D eigenvalue weighted by Gasteiger charge is -2.12. The van der Waals surface area contributed by atoms with Crippen molar-refractivity contribution in [2.75, 3.05) is 32.6 Å². The molecule has 7 rings (SSSR count). The SMILES string of the molecule is CN(C)CCOc1cc(F)cc(-c2nccc3[nH]c(-c4n[nH]c5ccc(-c6cncc(NC(=O)Cc7ccccc7)c6)nc45)cc23)c1. The summed E-state index contributed by atoms with van der Waals surface area (Å²) in [6.07, 6.45) is 5.27. The van der Waals surface area contributed by atoms with Gasteiger partial charge in [0.05, 0.1) is 40.9 Å². The second-order valence-corrected chi connectivity index (χ2v) is 11.5. The number of carbonyl (C=O) groups excluding carboxylic acids is 1. The van der Waals surface area contributed by atoms with E-state index in [9.17, 15) is 9.18 Å². The van der Waals surface area contributed by atoms with E-state index in [2.05, 4.69) is 30.5 Å². The van der Waals surface area contributed by atoms with Gasteiger partial charge in [-0.25, -0.2) is 9.37 Å². The summed E-state index contributed by atoms with van der Waals surface area (Å²) < 4.78 is 20.5. The molecule has 1 amide bonds. The second-order valence-electron chi connectivity index (χ2n) is 11.5. The molecule has 3 N–H and O–H groups in total. The zero-order chi connectivity index (χ0) is 32.3. The molecule has 0 aliphatic rings. The molecule has 0 fully saturated rings. The van der Waals surface area contributed by atoms with Crippen LogP contribution >= 0.6 is 0 Å². The summed E-state index contributed by atoms with van der Waals surface area (Å²) in [7, 11) is 3.91. The summed E-state index contributed by atoms with van der Waals surface area (Å²) in [5, 5.41) is 11.4. The summed E-state index contributed by atoms with van der Waals surface area (Å²) in [5.74, 6) is -0.0864. The van der Waals surface area contributed by atoms with Crippen LogP contribution in [0.5, 0.6) is 5.75 Å². The quantitative estimate of drug-likeness (QED) is 0.159. The molecule has 2 aromatic carbocycles. The van der Waals surface area contributed by atoms with Gasteiger partial charge in [-0.3, -0.25) is 19.9 Å². The number of rotatable bonds is 10. The highest BCUT2D eigenvalue weighted by Crippen LogP contribution is 2.34. The Labute approximate surface area is 269 Å². The fourth-order valence-corrected chi connectivity index (χ4v) is 5.42. The summed E-state index contributed by atoms with van der Waals surface area (Å²) in [6, 6.07) is 23.7. The Morgan fingerprint density at radius 2 is 1.81 bits per heavy atom. The van der Waals surface area contributed by atoms with E-state index in [0.717, 1.165) is 33.2 Å². The van der Waals surface area contributed by atoms with Crippen molar-refractivity contribution in [2.45, 2.75) is 6.42 Å². The zero-order valence-electron chi connectivity index (χ0n) is 25.8. The summed E-state index contributed by atoms with van der Waals surface area (Å²) >= 11 is 0. The number of anilines is 1. The molecule has 0 aliphatic heterocycles. The van der Waals surface area contributed by atoms with E-state index in [1.54, 1.807) is 24.7 Å². The van der Waals surface area contributed by atoms with Gasteiger partial charge in [-0.05, 0) is 62.1 Å². The van der Waals surface area contributed by atoms with Crippen molar-refractivity contribution in [1.29, 1.82) is 0 Å². The standard InChI is InChI=1S/C36H31FN8O2/c1-45(2)12-13-47-27-17-23(15-25(37)18-27)34-28-19-32(41-30(28)10-11-39-34)36-35-31(43-44-36)9-8-29(42-35)24-16-26(21-38-20-24)40-33(46)14-22-6-4-3-5-7-22/h3-11,15-21,41H,12-14H2,1-2H3,(H,40,46)(H,43,44). The summed E-state index contributed by atoms with van der Waals surface area (Å²) in [5.41, 5.74) is 7.73. The van der Waals surface area contributed by atoms with Gasteiger partial charge in [0, 0.05) is 47.0 Å². The maximum absolute atomic E-state index is 14.7. The predicted molar refractivity (Wildman–Crippen MR) is 180 cm³/mol. The van der Waals surface area contributed by atoms with Crippen LogP contribution in [0, 0.1) is 5.82 Å². The maximum atomic E-state index is 14.7. The molecule has 0 saturated heterocycles. The number of halogens is 1. The molecule has 10 nitrogen and oxygen atoms in total. The molecule has 5 heterocycles. The number of hydrogen-bond donors (Lipinski definition) is 3. The molecule has 0 radical (unpaired) electrons. The summed E-state index contributed by atoms with van der Waals surface area (Å²) in [6.45, 7) is 1.15. The average molecular weight is 627 g/mol. The monoisotopic (exact) mass is 626 g/mol. The molecule has 0 aliphatic carbocycles. The number of ether oxygens (including phenoxy) is 1. The van der Waals surface area contributed by atoms with Gasteiger partial charge in [0.25, 0.3) is 0 Å². The van der Waals surface area contributed by atoms with E-state index < -0.39 is 5.82 Å². The number of benzene rings is 2. The van der Waals surface area contributed by atoms with Crippen LogP contribution < -0.4 is 10.1 Å². The molecular formula is C36H31FN8O2. The smallest absolute Gasteiger partial charge is 0.228 e. The third-order valence-electron chi connectivity index (χ3n) is 7.69. The third-order valence-corrected chi connectivity index (χ3v) is 7.69. The predicted octanol–water partition coefficient (Wildman–Crippen LogP) is 6.49. The first-order valence-electron chi connectivity index (χ1n) is 15.1. The van der Waals surface area contributed by atoms with Gasteiger partial charge >= 0.3 is 0 Å². The van der Waals surface area contributed by atoms with Gasteiger partial charge in [0.15, 0.2) is 0 Å². The van der Waals surface area contributed by atoms with Crippen molar-refractivity contribution in [3.8, 4) is 39.7 Å². The Balaban J connectivity index is 1.18. The molecule has 0 unspecified atom stereocenters. The third kappa shape index (κ3) is 6.56. The van der Waals surface area contributed by atoms with Gasteiger partial charge in [-0.1, -0.05) is 30.3 Å². The normalized spacial score (nSPS) is 11.4. The highest BCUT2D eigenvalue weighted by Gasteiger charge is 2.17. The van der Waals surface area contributed by atoms with Crippen LogP contribution in [0.1, 0.15) is 5.56 Å². The lowest BCUT2D eigenvalue weighted by Crippen LogP contribution is -2.19. The minimum Gasteiger partial charge on any atom is -0.492 e. The van der Waals surface area contributed by atoms with E-state index in [1.807, 2.05) is 79.7 Å². The molecule has 7 aromatic rings. The number of H-pyrrole nitrogens is 2. The zero-order valence-corrected chi connectivity index (χ0v) is 25.8. The average Bonchev–Trinajstić information content (AvgIpc) is 3.69. The Kier molecular flexibility index (Phi) is 8.11. The van der Waals surface area contributed by atoms with Crippen molar-refractivity contribution >= 4 is 33.5 Å². The number of likely N-dealkylation sites (N-methyl/N-ethyl adjacent to an activating group) is 1. The van der Waals surface area contributed by atoms with Gasteiger partial charge in [0.1, 0.15) is 29.4 Å². The van der Waals surface area contributed by atoms with Gasteiger partial charge in [0.2, 0.25) is 5.91 Å². The fraction of sp³-hybridized carbons (Fsp3) is 0.139. The Bertz CT molecular complexity index is 2210. The number of nitrogens with one attached hydrogen (secondary N) is 3. The van der Waals surface area contributed by atoms with E-state index in [0.29, 0.717) is 52.8 Å². The molecule has 0 spiro atoms. The fourth-order valence-electron chi connectivity index (χ4n) is 5.42. The molecule has 0 atom stereocenters. The molecule has 47 heavy (non-hydrogen) atoms. The number of fused-ring (bicyclic) bond motifs is 2. The lowest BCUT2D eigenvalue weighted by atomic mass is 10.1. The van der Waals surface area contributed by atoms with Crippen LogP contribution in [0.25, 0.3) is 55.8 Å². The van der Waals surface area contributed by atoms with Crippen molar-refractivity contribution in [1.82, 2.24) is 35.0 Å². The minimum absolute atomic E-state index is 0.130. The molecule has 11 heteroatoms. The van der Waals surface area contributed by atoms with Gasteiger partial charge in [-0.15, -0.1) is 0 Å². The first-order chi connectivity index (χ1) is 22.9. The minimum atomic E-state index is -0.402. The molecule has 234 valence electrons. The highest BCUT2D eigenvalue weighted by molar-refractivity contribution is 5.99. The van der Waals surface area contributed by atoms with Crippen molar-refractivity contribution in [3.63, 3.8) is 0 Å². The topological polar surface area (TPSA) is 125 Å². The lowest BCUT2D eigenvalue weighted by molar-refractivity contribution is -0.115. The molecule has 5 aromatic heterocycles.